The van der Waals surface area contributed by atoms with Crippen LogP contribution in [0.5, 0.6) is 0 Å². The van der Waals surface area contributed by atoms with E-state index in [9.17, 15) is 19.2 Å². The van der Waals surface area contributed by atoms with Crippen LogP contribution in [0.15, 0.2) is 48.7 Å². The minimum Gasteiger partial charge on any atom is -0.480 e. The molecular weight excluding hydrogens is 636 g/mol. The Kier molecular flexibility index (Phi) is 10.2. The molecule has 1 aromatic heterocycles. The van der Waals surface area contributed by atoms with Gasteiger partial charge in [-0.2, -0.15) is 5.10 Å². The number of aromatic nitrogens is 2. The molecule has 4 N–H and O–H groups in total. The zero-order valence-corrected chi connectivity index (χ0v) is 28.6. The van der Waals surface area contributed by atoms with Crippen molar-refractivity contribution in [2.75, 3.05) is 57.7 Å². The molecule has 266 valence electrons. The molecule has 3 saturated heterocycles. The smallest absolute Gasteiger partial charge is 0.322 e. The number of aliphatic carboxylic acids is 1. The molecule has 1 unspecified atom stereocenters. The summed E-state index contributed by atoms with van der Waals surface area (Å²) in [6.45, 7) is 4.67. The molecule has 2 aromatic carbocycles. The maximum atomic E-state index is 14.1. The Hall–Kier alpha value is -4.65. The quantitative estimate of drug-likeness (QED) is 0.282. The van der Waals surface area contributed by atoms with Crippen molar-refractivity contribution in [3.63, 3.8) is 0 Å². The fraction of sp³-hybridized carbons (Fsp3) is 0.541. The van der Waals surface area contributed by atoms with Gasteiger partial charge in [-0.1, -0.05) is 24.3 Å². The molecule has 0 aliphatic carbocycles. The number of nitrogens with one attached hydrogen (secondary N) is 3. The molecule has 0 spiro atoms. The van der Waals surface area contributed by atoms with Gasteiger partial charge in [0.15, 0.2) is 0 Å². The van der Waals surface area contributed by atoms with Crippen LogP contribution in [0.4, 0.5) is 15.3 Å². The van der Waals surface area contributed by atoms with Crippen molar-refractivity contribution >= 4 is 40.5 Å². The Morgan fingerprint density at radius 3 is 2.32 bits per heavy atom. The van der Waals surface area contributed by atoms with Crippen LogP contribution >= 0.6 is 0 Å². The predicted molar refractivity (Wildman–Crippen MR) is 189 cm³/mol. The molecule has 3 fully saturated rings. The molecule has 5 amide bonds. The van der Waals surface area contributed by atoms with E-state index in [2.05, 4.69) is 26.9 Å². The maximum Gasteiger partial charge on any atom is 0.322 e. The van der Waals surface area contributed by atoms with E-state index < -0.39 is 12.0 Å². The fourth-order valence-electron chi connectivity index (χ4n) is 8.50. The number of hydrogen-bond donors (Lipinski definition) is 4. The minimum atomic E-state index is -0.778. The summed E-state index contributed by atoms with van der Waals surface area (Å²) in [5.41, 5.74) is 3.86. The number of fused-ring (bicyclic) bond motifs is 2. The Balaban J connectivity index is 0.963. The summed E-state index contributed by atoms with van der Waals surface area (Å²) in [6.07, 6.45) is 8.09. The van der Waals surface area contributed by atoms with E-state index in [-0.39, 0.29) is 30.6 Å². The summed E-state index contributed by atoms with van der Waals surface area (Å²) in [5.74, 6) is 0.230. The summed E-state index contributed by atoms with van der Waals surface area (Å²) in [6, 6.07) is 12.8. The predicted octanol–water partition coefficient (Wildman–Crippen LogP) is 3.77. The van der Waals surface area contributed by atoms with Gasteiger partial charge in [0, 0.05) is 56.3 Å². The number of para-hydroxylation sites is 1. The lowest BCUT2D eigenvalue weighted by molar-refractivity contribution is -0.138. The third-order valence-corrected chi connectivity index (χ3v) is 11.4. The van der Waals surface area contributed by atoms with Crippen LogP contribution in [0.25, 0.3) is 10.9 Å². The number of urea groups is 2. The number of anilines is 1. The first-order chi connectivity index (χ1) is 24.3. The van der Waals surface area contributed by atoms with Gasteiger partial charge in [0.1, 0.15) is 6.04 Å². The van der Waals surface area contributed by atoms with Gasteiger partial charge in [-0.15, -0.1) is 0 Å². The summed E-state index contributed by atoms with van der Waals surface area (Å²) in [7, 11) is 0. The van der Waals surface area contributed by atoms with Gasteiger partial charge in [-0.05, 0) is 99.2 Å². The van der Waals surface area contributed by atoms with Crippen molar-refractivity contribution in [1.29, 1.82) is 0 Å². The van der Waals surface area contributed by atoms with Gasteiger partial charge >= 0.3 is 18.0 Å². The van der Waals surface area contributed by atoms with Crippen molar-refractivity contribution in [2.45, 2.75) is 63.5 Å². The van der Waals surface area contributed by atoms with Crippen LogP contribution in [0.3, 0.4) is 0 Å². The molecule has 13 heteroatoms. The van der Waals surface area contributed by atoms with E-state index in [1.807, 2.05) is 51.1 Å². The third-order valence-electron chi connectivity index (χ3n) is 11.4. The molecule has 5 heterocycles. The first-order valence-corrected chi connectivity index (χ1v) is 18.2. The van der Waals surface area contributed by atoms with Crippen LogP contribution in [-0.4, -0.2) is 123 Å². The van der Waals surface area contributed by atoms with E-state index >= 15 is 0 Å². The molecule has 7 rings (SSSR count). The van der Waals surface area contributed by atoms with Gasteiger partial charge in [-0.3, -0.25) is 19.6 Å². The molecule has 0 bridgehead atoms. The van der Waals surface area contributed by atoms with Crippen molar-refractivity contribution in [2.24, 2.45) is 11.8 Å². The molecule has 13 nitrogen and oxygen atoms in total. The summed E-state index contributed by atoms with van der Waals surface area (Å²) in [5, 5.41) is 23.4. The molecule has 0 saturated carbocycles. The van der Waals surface area contributed by atoms with Gasteiger partial charge in [0.2, 0.25) is 5.91 Å². The third kappa shape index (κ3) is 7.72. The van der Waals surface area contributed by atoms with Crippen LogP contribution in [-0.2, 0) is 22.4 Å². The number of likely N-dealkylation sites (tertiary alicyclic amines) is 3. The second-order valence-electron chi connectivity index (χ2n) is 14.4. The lowest BCUT2D eigenvalue weighted by atomic mass is 9.78. The first kappa shape index (κ1) is 33.8. The zero-order valence-electron chi connectivity index (χ0n) is 28.6. The second kappa shape index (κ2) is 15.1. The highest BCUT2D eigenvalue weighted by molar-refractivity contribution is 5.91. The fourth-order valence-corrected chi connectivity index (χ4v) is 8.50. The number of carboxylic acid groups (broad SMARTS) is 1. The monoisotopic (exact) mass is 684 g/mol. The first-order valence-electron chi connectivity index (χ1n) is 18.2. The number of rotatable bonds is 8. The van der Waals surface area contributed by atoms with E-state index in [0.29, 0.717) is 63.8 Å². The average Bonchev–Trinajstić information content (AvgIpc) is 3.53. The van der Waals surface area contributed by atoms with Gasteiger partial charge < -0.3 is 30.4 Å². The Morgan fingerprint density at radius 1 is 0.880 bits per heavy atom. The number of carbonyl (C=O) groups excluding carboxylic acids is 3. The topological polar surface area (TPSA) is 154 Å². The number of carboxylic acids is 1. The molecule has 4 aliphatic heterocycles. The molecular formula is C37H48N8O5. The lowest BCUT2D eigenvalue weighted by Crippen LogP contribution is -2.57. The van der Waals surface area contributed by atoms with Gasteiger partial charge in [0.05, 0.1) is 18.3 Å². The molecule has 3 aromatic rings. The highest BCUT2D eigenvalue weighted by Crippen LogP contribution is 2.33. The van der Waals surface area contributed by atoms with Crippen LogP contribution in [0.1, 0.15) is 49.7 Å². The second-order valence-corrected chi connectivity index (χ2v) is 14.4. The number of piperidine rings is 3. The van der Waals surface area contributed by atoms with Crippen molar-refractivity contribution < 1.29 is 24.3 Å². The molecule has 4 aliphatic rings. The van der Waals surface area contributed by atoms with Crippen LogP contribution in [0, 0.1) is 11.8 Å². The highest BCUT2D eigenvalue weighted by Gasteiger charge is 2.36. The number of benzene rings is 2. The molecule has 1 atom stereocenters. The van der Waals surface area contributed by atoms with Gasteiger partial charge in [0.25, 0.3) is 0 Å². The van der Waals surface area contributed by atoms with Crippen LogP contribution < -0.4 is 10.6 Å². The lowest BCUT2D eigenvalue weighted by Gasteiger charge is -2.41. The SMILES string of the molecule is O=C(O)CN1CCC(C2CCN(C(=O)C(Cc3ccc4[nH]ncc4c3)NC(=O)N3CCC(N4CCc5ccccc5NC4=O)CC3)CC2)CC1. The largest absolute Gasteiger partial charge is 0.480 e. The Morgan fingerprint density at radius 2 is 1.58 bits per heavy atom. The van der Waals surface area contributed by atoms with E-state index in [1.165, 1.54) is 0 Å². The van der Waals surface area contributed by atoms with Crippen molar-refractivity contribution in [3.05, 3.63) is 59.8 Å². The van der Waals surface area contributed by atoms with Crippen molar-refractivity contribution in [3.8, 4) is 0 Å². The summed E-state index contributed by atoms with van der Waals surface area (Å²) >= 11 is 0. The highest BCUT2D eigenvalue weighted by atomic mass is 16.4. The molecule has 50 heavy (non-hydrogen) atoms. The number of aromatic amines is 1. The average molecular weight is 685 g/mol. The van der Waals surface area contributed by atoms with E-state index in [4.69, 9.17) is 5.11 Å². The standard InChI is InChI=1S/C37H48N8O5/c46-34(47)24-42-14-7-26(8-15-42)27-9-16-43(17-10-27)35(48)33(22-25-5-6-32-29(21-25)23-38-41-32)40-36(49)44-18-12-30(13-19-44)45-20-11-28-3-1-2-4-31(28)39-37(45)50/h1-6,21,23,26-27,30,33H,7-20,22,24H2,(H,38,41)(H,39,50)(H,40,49)(H,46,47). The number of H-pyrrole nitrogens is 1. The van der Waals surface area contributed by atoms with E-state index in [0.717, 1.165) is 72.9 Å². The number of amides is 5. The Labute approximate surface area is 292 Å². The van der Waals surface area contributed by atoms with Gasteiger partial charge in [-0.25, -0.2) is 9.59 Å². The Bertz CT molecular complexity index is 1690. The minimum absolute atomic E-state index is 0.0400. The number of carbonyl (C=O) groups is 4. The number of nitrogens with zero attached hydrogens (tertiary/aromatic N) is 5. The summed E-state index contributed by atoms with van der Waals surface area (Å²) in [4.78, 5) is 59.8. The van der Waals surface area contributed by atoms with Crippen LogP contribution in [0.2, 0.25) is 0 Å². The summed E-state index contributed by atoms with van der Waals surface area (Å²) < 4.78 is 0. The number of hydrogen-bond acceptors (Lipinski definition) is 6. The zero-order chi connectivity index (χ0) is 34.6. The van der Waals surface area contributed by atoms with Crippen molar-refractivity contribution in [1.82, 2.24) is 35.1 Å². The maximum absolute atomic E-state index is 14.1. The normalized spacial score (nSPS) is 20.6. The molecule has 0 radical (unpaired) electrons. The van der Waals surface area contributed by atoms with E-state index in [1.54, 1.807) is 11.1 Å².